The van der Waals surface area contributed by atoms with Gasteiger partial charge in [-0.25, -0.2) is 0 Å². The molecular formula is C44H37Cl5N10O8. The van der Waals surface area contributed by atoms with Crippen molar-refractivity contribution < 1.29 is 36.5 Å². The zero-order valence-electron chi connectivity index (χ0n) is 36.0. The van der Waals surface area contributed by atoms with Crippen LogP contribution in [0.25, 0.3) is 55.5 Å². The third-order valence-corrected chi connectivity index (χ3v) is 9.94. The summed E-state index contributed by atoms with van der Waals surface area (Å²) >= 11 is 27.9. The molecule has 23 heteroatoms. The Hall–Kier alpha value is -7.09. The minimum absolute atomic E-state index is 0.0417. The lowest BCUT2D eigenvalue weighted by Gasteiger charge is -2.13. The first-order chi connectivity index (χ1) is 31.8. The number of halogens is 5. The van der Waals surface area contributed by atoms with Crippen LogP contribution in [-0.4, -0.2) is 63.8 Å². The second-order valence-electron chi connectivity index (χ2n) is 13.8. The largest absolute Gasteiger partial charge is 0.427 e. The van der Waals surface area contributed by atoms with Crippen LogP contribution >= 0.6 is 58.0 Å². The molecule has 0 unspecified atom stereocenters. The van der Waals surface area contributed by atoms with E-state index in [-0.39, 0.29) is 44.5 Å². The minimum Gasteiger partial charge on any atom is -0.427 e. The van der Waals surface area contributed by atoms with Gasteiger partial charge < -0.3 is 48.3 Å². The molecule has 0 aliphatic rings. The first kappa shape index (κ1) is 49.3. The molecule has 0 aliphatic heterocycles. The van der Waals surface area contributed by atoms with Crippen LogP contribution in [0.2, 0.25) is 26.7 Å². The Bertz CT molecular complexity index is 3270. The first-order valence-electron chi connectivity index (χ1n) is 19.4. The van der Waals surface area contributed by atoms with Crippen molar-refractivity contribution in [2.24, 2.45) is 0 Å². The summed E-state index contributed by atoms with van der Waals surface area (Å²) in [6.07, 6.45) is 0. The van der Waals surface area contributed by atoms with Crippen LogP contribution < -0.4 is 26.2 Å². The molecule has 0 spiro atoms. The molecular weight excluding hydrogens is 974 g/mol. The number of anilines is 5. The second kappa shape index (κ2) is 21.9. The maximum atomic E-state index is 11.1. The molecule has 5 aromatic heterocycles. The first-order valence-corrected chi connectivity index (χ1v) is 21.2. The second-order valence-corrected chi connectivity index (χ2v) is 15.4. The summed E-state index contributed by atoms with van der Waals surface area (Å²) in [5.74, 6) is -0.213. The lowest BCUT2D eigenvalue weighted by molar-refractivity contribution is -0.117. The highest BCUT2D eigenvalue weighted by Crippen LogP contribution is 2.27. The van der Waals surface area contributed by atoms with E-state index in [0.717, 1.165) is 28.1 Å². The van der Waals surface area contributed by atoms with Gasteiger partial charge in [0.2, 0.25) is 17.7 Å². The number of fused-ring (bicyclic) bond motifs is 5. The van der Waals surface area contributed by atoms with E-state index in [1.54, 1.807) is 86.9 Å². The molecule has 5 aromatic carbocycles. The fraction of sp³-hybridized carbons (Fsp3) is 0.136. The van der Waals surface area contributed by atoms with Gasteiger partial charge in [-0.1, -0.05) is 0 Å². The molecule has 0 atom stereocenters. The van der Waals surface area contributed by atoms with Crippen LogP contribution in [0.4, 0.5) is 28.4 Å². The van der Waals surface area contributed by atoms with Crippen LogP contribution in [0.5, 0.6) is 0 Å². The molecule has 10 aromatic rings. The number of nitrogens with zero attached hydrogens (tertiary/aromatic N) is 7. The summed E-state index contributed by atoms with van der Waals surface area (Å²) in [5.41, 5.74) is 15.9. The van der Waals surface area contributed by atoms with E-state index >= 15 is 0 Å². The maximum absolute atomic E-state index is 11.1. The molecule has 0 bridgehead atoms. The van der Waals surface area contributed by atoms with E-state index < -0.39 is 0 Å². The standard InChI is InChI=1S/2C10H9ClN2O2.C9H7ClN2O2.C8H7ClN2O.C7H5ClN2O/c2*1-6(14)13(2)7-3-4-8-9(5-7)15-10(11)12-8;1-5(13)11-6-2-3-7-8(4-6)14-9(10)12-7;1-10-5-2-3-6-7(4-5)12-8(9)11-6;8-7-10-5-2-1-4(9)3-6(5)11-7/h2*3-5H,1-2H3;2-4H,1H3,(H,11,13);2-4,10H,1H3;1-3H,9H2. The monoisotopic (exact) mass is 1010 g/mol. The Morgan fingerprint density at radius 1 is 0.478 bits per heavy atom. The molecule has 0 fully saturated rings. The number of hydrogen-bond acceptors (Lipinski definition) is 15. The van der Waals surface area contributed by atoms with E-state index in [9.17, 15) is 14.4 Å². The number of aromatic nitrogens is 5. The Labute approximate surface area is 404 Å². The van der Waals surface area contributed by atoms with E-state index in [4.69, 9.17) is 85.8 Å². The predicted octanol–water partition coefficient (Wildman–Crippen LogP) is 12.0. The summed E-state index contributed by atoms with van der Waals surface area (Å²) in [4.78, 5) is 55.8. The van der Waals surface area contributed by atoms with Crippen LogP contribution in [0, 0.1) is 0 Å². The summed E-state index contributed by atoms with van der Waals surface area (Å²) in [5, 5.41) is 6.26. The van der Waals surface area contributed by atoms with Gasteiger partial charge in [0.1, 0.15) is 27.6 Å². The molecule has 0 saturated carbocycles. The van der Waals surface area contributed by atoms with Crippen LogP contribution in [0.1, 0.15) is 20.8 Å². The van der Waals surface area contributed by atoms with Crippen molar-refractivity contribution in [2.75, 3.05) is 47.3 Å². The van der Waals surface area contributed by atoms with Gasteiger partial charge in [-0.2, -0.15) is 24.9 Å². The topological polar surface area (TPSA) is 238 Å². The van der Waals surface area contributed by atoms with Gasteiger partial charge in [0, 0.05) is 101 Å². The number of nitrogens with one attached hydrogen (secondary N) is 2. The number of benzene rings is 5. The fourth-order valence-electron chi connectivity index (χ4n) is 5.69. The molecule has 67 heavy (non-hydrogen) atoms. The number of amides is 3. The maximum Gasteiger partial charge on any atom is 0.293 e. The minimum atomic E-state index is -0.130. The normalized spacial score (nSPS) is 10.6. The Morgan fingerprint density at radius 3 is 1.15 bits per heavy atom. The Morgan fingerprint density at radius 2 is 0.791 bits per heavy atom. The molecule has 0 radical (unpaired) electrons. The third-order valence-electron chi connectivity index (χ3n) is 9.13. The SMILES string of the molecule is CC(=O)N(C)c1ccc2nc(Cl)oc2c1.CC(=O)N(C)c1ccc2nc(Cl)oc2c1.CC(=O)Nc1ccc2nc(Cl)oc2c1.CNc1ccc2nc(Cl)oc2c1.Nc1ccc2nc(Cl)oc2c1. The lowest BCUT2D eigenvalue weighted by atomic mass is 10.2. The van der Waals surface area contributed by atoms with Gasteiger partial charge >= 0.3 is 0 Å². The van der Waals surface area contributed by atoms with Crippen LogP contribution in [-0.2, 0) is 14.4 Å². The van der Waals surface area contributed by atoms with Crippen LogP contribution in [0.3, 0.4) is 0 Å². The smallest absolute Gasteiger partial charge is 0.293 e. The highest BCUT2D eigenvalue weighted by Gasteiger charge is 2.11. The van der Waals surface area contributed by atoms with E-state index in [1.807, 2.05) is 25.2 Å². The lowest BCUT2D eigenvalue weighted by Crippen LogP contribution is -2.22. The molecule has 0 saturated heterocycles. The molecule has 5 heterocycles. The molecule has 0 aliphatic carbocycles. The van der Waals surface area contributed by atoms with E-state index in [1.165, 1.54) is 30.6 Å². The van der Waals surface area contributed by atoms with Crippen molar-refractivity contribution >= 4 is 160 Å². The number of hydrogen-bond donors (Lipinski definition) is 3. The highest BCUT2D eigenvalue weighted by atomic mass is 35.5. The van der Waals surface area contributed by atoms with Crippen molar-refractivity contribution in [1.29, 1.82) is 0 Å². The van der Waals surface area contributed by atoms with Gasteiger partial charge in [0.25, 0.3) is 26.7 Å². The highest BCUT2D eigenvalue weighted by molar-refractivity contribution is 6.29. The molecule has 10 rings (SSSR count). The summed E-state index contributed by atoms with van der Waals surface area (Å²) in [7, 11) is 5.24. The van der Waals surface area contributed by atoms with Crippen molar-refractivity contribution in [2.45, 2.75) is 20.8 Å². The third kappa shape index (κ3) is 13.3. The summed E-state index contributed by atoms with van der Waals surface area (Å²) in [6.45, 7) is 4.44. The van der Waals surface area contributed by atoms with E-state index in [2.05, 4.69) is 35.6 Å². The number of rotatable bonds is 4. The number of carbonyl (C=O) groups is 3. The average molecular weight is 1010 g/mol. The molecule has 346 valence electrons. The average Bonchev–Trinajstić information content (AvgIpc) is 4.11. The number of nitrogen functional groups attached to an aromatic ring is 1. The van der Waals surface area contributed by atoms with Crippen molar-refractivity contribution in [3.8, 4) is 0 Å². The van der Waals surface area contributed by atoms with Gasteiger partial charge in [-0.3, -0.25) is 14.4 Å². The Balaban J connectivity index is 0.000000139. The van der Waals surface area contributed by atoms with Crippen molar-refractivity contribution in [1.82, 2.24) is 24.9 Å². The zero-order valence-corrected chi connectivity index (χ0v) is 39.8. The molecule has 4 N–H and O–H groups in total. The summed E-state index contributed by atoms with van der Waals surface area (Å²) < 4.78 is 25.6. The molecule has 3 amide bonds. The van der Waals surface area contributed by atoms with Gasteiger partial charge in [-0.15, -0.1) is 0 Å². The van der Waals surface area contributed by atoms with Gasteiger partial charge in [0.05, 0.1) is 0 Å². The number of carbonyl (C=O) groups excluding carboxylic acids is 3. The van der Waals surface area contributed by atoms with Gasteiger partial charge in [0.15, 0.2) is 27.9 Å². The molecule has 18 nitrogen and oxygen atoms in total. The van der Waals surface area contributed by atoms with Crippen molar-refractivity contribution in [3.63, 3.8) is 0 Å². The number of oxazole rings is 5. The van der Waals surface area contributed by atoms with E-state index in [0.29, 0.717) is 55.8 Å². The summed E-state index contributed by atoms with van der Waals surface area (Å²) in [6, 6.07) is 26.6. The fourth-order valence-corrected chi connectivity index (χ4v) is 6.56. The zero-order chi connectivity index (χ0) is 48.5. The van der Waals surface area contributed by atoms with Crippen LogP contribution in [0.15, 0.2) is 113 Å². The number of nitrogens with two attached hydrogens (primary N) is 1. The quantitative estimate of drug-likeness (QED) is 0.139. The van der Waals surface area contributed by atoms with Gasteiger partial charge in [-0.05, 0) is 119 Å². The Kier molecular flexibility index (Phi) is 16.2. The van der Waals surface area contributed by atoms with Crippen molar-refractivity contribution in [3.05, 3.63) is 118 Å². The predicted molar refractivity (Wildman–Crippen MR) is 262 cm³/mol.